The van der Waals surface area contributed by atoms with Crippen molar-refractivity contribution in [2.75, 3.05) is 6.61 Å². The quantitative estimate of drug-likeness (QED) is 0.614. The van der Waals surface area contributed by atoms with Crippen molar-refractivity contribution in [3.8, 4) is 0 Å². The van der Waals surface area contributed by atoms with E-state index in [-0.39, 0.29) is 12.1 Å². The van der Waals surface area contributed by atoms with Crippen LogP contribution >= 0.6 is 0 Å². The number of hydrogen-bond acceptors (Lipinski definition) is 3. The smallest absolute Gasteiger partial charge is 0.337 e. The van der Waals surface area contributed by atoms with Gasteiger partial charge in [-0.15, -0.1) is 0 Å². The minimum absolute atomic E-state index is 0.0478. The van der Waals surface area contributed by atoms with Crippen molar-refractivity contribution in [2.24, 2.45) is 0 Å². The van der Waals surface area contributed by atoms with Gasteiger partial charge in [-0.1, -0.05) is 43.0 Å². The standard InChI is InChI=1S/C16H18O3/c1-3-13-10-11-14(16(17)18-4-2)15(19-13)12-8-6-5-7-9-12/h3,5-9,13H,1,4,10-11H2,2H3/t13-/m0/s1. The summed E-state index contributed by atoms with van der Waals surface area (Å²) in [5.74, 6) is 0.332. The predicted molar refractivity (Wildman–Crippen MR) is 74.3 cm³/mol. The van der Waals surface area contributed by atoms with Gasteiger partial charge < -0.3 is 9.47 Å². The van der Waals surface area contributed by atoms with Gasteiger partial charge in [0.15, 0.2) is 0 Å². The summed E-state index contributed by atoms with van der Waals surface area (Å²) in [4.78, 5) is 12.0. The molecule has 0 spiro atoms. The van der Waals surface area contributed by atoms with E-state index < -0.39 is 0 Å². The van der Waals surface area contributed by atoms with Crippen molar-refractivity contribution in [3.05, 3.63) is 54.1 Å². The molecule has 1 heterocycles. The Morgan fingerprint density at radius 1 is 1.47 bits per heavy atom. The summed E-state index contributed by atoms with van der Waals surface area (Å²) in [6.07, 6.45) is 3.13. The highest BCUT2D eigenvalue weighted by atomic mass is 16.5. The maximum atomic E-state index is 12.0. The normalized spacial score (nSPS) is 18.7. The van der Waals surface area contributed by atoms with Crippen LogP contribution in [-0.2, 0) is 14.3 Å². The Hall–Kier alpha value is -2.03. The van der Waals surface area contributed by atoms with E-state index in [0.29, 0.717) is 24.4 Å². The molecule has 0 radical (unpaired) electrons. The monoisotopic (exact) mass is 258 g/mol. The third-order valence-corrected chi connectivity index (χ3v) is 3.04. The van der Waals surface area contributed by atoms with E-state index >= 15 is 0 Å². The van der Waals surface area contributed by atoms with Gasteiger partial charge in [0, 0.05) is 5.56 Å². The summed E-state index contributed by atoms with van der Waals surface area (Å²) in [5, 5.41) is 0. The maximum Gasteiger partial charge on any atom is 0.337 e. The molecule has 0 amide bonds. The highest BCUT2D eigenvalue weighted by Gasteiger charge is 2.26. The van der Waals surface area contributed by atoms with Gasteiger partial charge in [-0.2, -0.15) is 0 Å². The molecule has 0 fully saturated rings. The largest absolute Gasteiger partial charge is 0.485 e. The van der Waals surface area contributed by atoms with Crippen molar-refractivity contribution in [1.29, 1.82) is 0 Å². The third kappa shape index (κ3) is 3.05. The lowest BCUT2D eigenvalue weighted by molar-refractivity contribution is -0.139. The van der Waals surface area contributed by atoms with Crippen molar-refractivity contribution in [1.82, 2.24) is 0 Å². The first-order valence-electron chi connectivity index (χ1n) is 6.51. The van der Waals surface area contributed by atoms with Crippen LogP contribution in [0.15, 0.2) is 48.6 Å². The van der Waals surface area contributed by atoms with Crippen molar-refractivity contribution < 1.29 is 14.3 Å². The van der Waals surface area contributed by atoms with Crippen molar-refractivity contribution in [2.45, 2.75) is 25.9 Å². The molecule has 1 aromatic rings. The molecule has 1 aromatic carbocycles. The number of rotatable bonds is 4. The highest BCUT2D eigenvalue weighted by Crippen LogP contribution is 2.32. The first kappa shape index (κ1) is 13.4. The molecule has 19 heavy (non-hydrogen) atoms. The molecule has 3 heteroatoms. The molecule has 0 unspecified atom stereocenters. The molecule has 1 aliphatic rings. The zero-order chi connectivity index (χ0) is 13.7. The molecular formula is C16H18O3. The molecule has 3 nitrogen and oxygen atoms in total. The molecule has 0 saturated carbocycles. The van der Waals surface area contributed by atoms with E-state index in [9.17, 15) is 4.79 Å². The highest BCUT2D eigenvalue weighted by molar-refractivity contribution is 5.96. The molecular weight excluding hydrogens is 240 g/mol. The van der Waals surface area contributed by atoms with Crippen LogP contribution in [0.3, 0.4) is 0 Å². The van der Waals surface area contributed by atoms with Gasteiger partial charge in [0.1, 0.15) is 11.9 Å². The first-order valence-corrected chi connectivity index (χ1v) is 6.51. The van der Waals surface area contributed by atoms with Gasteiger partial charge in [0.2, 0.25) is 0 Å². The Morgan fingerprint density at radius 2 is 2.21 bits per heavy atom. The number of esters is 1. The summed E-state index contributed by atoms with van der Waals surface area (Å²) < 4.78 is 11.0. The van der Waals surface area contributed by atoms with Crippen LogP contribution in [0.2, 0.25) is 0 Å². The Bertz CT molecular complexity index is 488. The van der Waals surface area contributed by atoms with Gasteiger partial charge in [0.05, 0.1) is 12.2 Å². The summed E-state index contributed by atoms with van der Waals surface area (Å²) in [7, 11) is 0. The lowest BCUT2D eigenvalue weighted by Crippen LogP contribution is -2.21. The maximum absolute atomic E-state index is 12.0. The van der Waals surface area contributed by atoms with E-state index in [1.165, 1.54) is 0 Å². The number of ether oxygens (including phenoxy) is 2. The van der Waals surface area contributed by atoms with Crippen LogP contribution in [0, 0.1) is 0 Å². The lowest BCUT2D eigenvalue weighted by Gasteiger charge is -2.26. The van der Waals surface area contributed by atoms with Gasteiger partial charge in [-0.05, 0) is 19.8 Å². The number of hydrogen-bond donors (Lipinski definition) is 0. The Balaban J connectivity index is 2.38. The van der Waals surface area contributed by atoms with E-state index in [4.69, 9.17) is 9.47 Å². The molecule has 100 valence electrons. The van der Waals surface area contributed by atoms with Gasteiger partial charge in [-0.25, -0.2) is 4.79 Å². The van der Waals surface area contributed by atoms with Crippen LogP contribution in [0.5, 0.6) is 0 Å². The second kappa shape index (κ2) is 6.23. The lowest BCUT2D eigenvalue weighted by atomic mass is 9.98. The van der Waals surface area contributed by atoms with Gasteiger partial charge in [0.25, 0.3) is 0 Å². The van der Waals surface area contributed by atoms with E-state index in [0.717, 1.165) is 12.0 Å². The van der Waals surface area contributed by atoms with E-state index in [1.54, 1.807) is 13.0 Å². The average molecular weight is 258 g/mol. The fraction of sp³-hybridized carbons (Fsp3) is 0.312. The SMILES string of the molecule is C=C[C@H]1CCC(C(=O)OCC)=C(c2ccccc2)O1. The fourth-order valence-corrected chi connectivity index (χ4v) is 2.09. The molecule has 1 aliphatic heterocycles. The molecule has 0 saturated heterocycles. The van der Waals surface area contributed by atoms with Crippen LogP contribution in [0.1, 0.15) is 25.3 Å². The summed E-state index contributed by atoms with van der Waals surface area (Å²) in [6.45, 7) is 5.93. The summed E-state index contributed by atoms with van der Waals surface area (Å²) >= 11 is 0. The molecule has 0 aliphatic carbocycles. The van der Waals surface area contributed by atoms with Crippen molar-refractivity contribution >= 4 is 11.7 Å². The zero-order valence-electron chi connectivity index (χ0n) is 11.1. The number of carbonyl (C=O) groups excluding carboxylic acids is 1. The Labute approximate surface area is 113 Å². The average Bonchev–Trinajstić information content (AvgIpc) is 2.47. The predicted octanol–water partition coefficient (Wildman–Crippen LogP) is 3.33. The van der Waals surface area contributed by atoms with Crippen molar-refractivity contribution in [3.63, 3.8) is 0 Å². The summed E-state index contributed by atoms with van der Waals surface area (Å²) in [5.41, 5.74) is 1.52. The third-order valence-electron chi connectivity index (χ3n) is 3.04. The minimum atomic E-state index is -0.288. The zero-order valence-corrected chi connectivity index (χ0v) is 11.1. The van der Waals surface area contributed by atoms with Crippen LogP contribution < -0.4 is 0 Å². The molecule has 0 bridgehead atoms. The Morgan fingerprint density at radius 3 is 2.84 bits per heavy atom. The topological polar surface area (TPSA) is 35.5 Å². The number of carbonyl (C=O) groups is 1. The van der Waals surface area contributed by atoms with Crippen LogP contribution in [-0.4, -0.2) is 18.7 Å². The van der Waals surface area contributed by atoms with Crippen LogP contribution in [0.25, 0.3) is 5.76 Å². The second-order valence-corrected chi connectivity index (χ2v) is 4.32. The first-order chi connectivity index (χ1) is 9.26. The van der Waals surface area contributed by atoms with E-state index in [1.807, 2.05) is 30.3 Å². The van der Waals surface area contributed by atoms with E-state index in [2.05, 4.69) is 6.58 Å². The Kier molecular flexibility index (Phi) is 4.39. The van der Waals surface area contributed by atoms with Crippen LogP contribution in [0.4, 0.5) is 0 Å². The number of benzene rings is 1. The molecule has 0 aromatic heterocycles. The van der Waals surface area contributed by atoms with Gasteiger partial charge >= 0.3 is 5.97 Å². The molecule has 0 N–H and O–H groups in total. The molecule has 1 atom stereocenters. The fourth-order valence-electron chi connectivity index (χ4n) is 2.09. The minimum Gasteiger partial charge on any atom is -0.485 e. The molecule has 2 rings (SSSR count). The van der Waals surface area contributed by atoms with Gasteiger partial charge in [-0.3, -0.25) is 0 Å². The summed E-state index contributed by atoms with van der Waals surface area (Å²) in [6, 6.07) is 9.64. The second-order valence-electron chi connectivity index (χ2n) is 4.32.